The number of benzene rings is 2. The van der Waals surface area contributed by atoms with E-state index in [0.717, 1.165) is 6.26 Å². The second kappa shape index (κ2) is 8.64. The van der Waals surface area contributed by atoms with E-state index < -0.39 is 45.2 Å². The van der Waals surface area contributed by atoms with Gasteiger partial charge in [-0.15, -0.1) is 0 Å². The first kappa shape index (κ1) is 23.3. The third-order valence-electron chi connectivity index (χ3n) is 5.34. The number of aliphatic hydroxyl groups is 1. The zero-order chi connectivity index (χ0) is 23.0. The lowest BCUT2D eigenvalue weighted by atomic mass is 9.95. The van der Waals surface area contributed by atoms with Gasteiger partial charge in [0.1, 0.15) is 17.2 Å². The fourth-order valence-corrected chi connectivity index (χ4v) is 4.79. The SMILES string of the molecule is CC(C)(O)C(=O)N1CC[C@H](NS(C)(=O)=O)[C@@H]1Cc1cccc(-c2cccc(F)c2)c1F. The number of sulfonamides is 1. The Kier molecular flexibility index (Phi) is 6.50. The molecule has 0 aliphatic carbocycles. The Morgan fingerprint density at radius 3 is 2.52 bits per heavy atom. The number of hydrogen-bond acceptors (Lipinski definition) is 4. The van der Waals surface area contributed by atoms with Crippen molar-refractivity contribution in [2.45, 2.75) is 44.4 Å². The average Bonchev–Trinajstić information content (AvgIpc) is 3.02. The molecule has 1 heterocycles. The van der Waals surface area contributed by atoms with E-state index in [9.17, 15) is 22.7 Å². The maximum absolute atomic E-state index is 15.4. The van der Waals surface area contributed by atoms with Gasteiger partial charge in [-0.2, -0.15) is 0 Å². The number of halogens is 2. The molecule has 2 atom stereocenters. The topological polar surface area (TPSA) is 86.7 Å². The molecule has 2 aromatic carbocycles. The maximum atomic E-state index is 15.4. The Bertz CT molecular complexity index is 1080. The highest BCUT2D eigenvalue weighted by molar-refractivity contribution is 7.88. The van der Waals surface area contributed by atoms with Gasteiger partial charge in [-0.1, -0.05) is 30.3 Å². The summed E-state index contributed by atoms with van der Waals surface area (Å²) in [6.45, 7) is 2.94. The lowest BCUT2D eigenvalue weighted by molar-refractivity contribution is -0.148. The summed E-state index contributed by atoms with van der Waals surface area (Å²) in [7, 11) is -3.57. The number of carbonyl (C=O) groups is 1. The zero-order valence-corrected chi connectivity index (χ0v) is 18.4. The quantitative estimate of drug-likeness (QED) is 0.705. The molecule has 2 aromatic rings. The van der Waals surface area contributed by atoms with Crippen LogP contribution in [0.15, 0.2) is 42.5 Å². The number of rotatable bonds is 6. The molecule has 2 N–H and O–H groups in total. The lowest BCUT2D eigenvalue weighted by Gasteiger charge is -2.32. The Balaban J connectivity index is 1.98. The van der Waals surface area contributed by atoms with Gasteiger partial charge in [-0.25, -0.2) is 21.9 Å². The Morgan fingerprint density at radius 1 is 1.23 bits per heavy atom. The standard InChI is InChI=1S/C22H26F2N2O4S/c1-22(2,28)21(27)26-11-10-18(25-31(3,29)30)19(26)13-15-7-5-9-17(20(15)24)14-6-4-8-16(23)12-14/h4-9,12,18-19,25,28H,10-11,13H2,1-3H3/t18-,19-/m0/s1. The molecule has 0 saturated carbocycles. The summed E-state index contributed by atoms with van der Waals surface area (Å²) in [6, 6.07) is 9.00. The van der Waals surface area contributed by atoms with Gasteiger partial charge in [0.15, 0.2) is 0 Å². The molecule has 0 bridgehead atoms. The molecule has 1 aliphatic heterocycles. The van der Waals surface area contributed by atoms with Gasteiger partial charge in [-0.05, 0) is 49.9 Å². The molecule has 0 aromatic heterocycles. The van der Waals surface area contributed by atoms with Crippen molar-refractivity contribution in [2.75, 3.05) is 12.8 Å². The fraction of sp³-hybridized carbons (Fsp3) is 0.409. The van der Waals surface area contributed by atoms with Gasteiger partial charge < -0.3 is 10.0 Å². The van der Waals surface area contributed by atoms with Crippen molar-refractivity contribution in [3.8, 4) is 11.1 Å². The van der Waals surface area contributed by atoms with Crippen molar-refractivity contribution < 1.29 is 27.1 Å². The molecule has 0 radical (unpaired) electrons. The number of likely N-dealkylation sites (tertiary alicyclic amines) is 1. The van der Waals surface area contributed by atoms with Gasteiger partial charge in [0.05, 0.1) is 12.3 Å². The number of nitrogens with zero attached hydrogens (tertiary/aromatic N) is 1. The minimum absolute atomic E-state index is 0.0317. The molecule has 3 rings (SSSR count). The van der Waals surface area contributed by atoms with Crippen molar-refractivity contribution in [1.82, 2.24) is 9.62 Å². The van der Waals surface area contributed by atoms with Crippen molar-refractivity contribution in [3.63, 3.8) is 0 Å². The molecule has 1 amide bonds. The lowest BCUT2D eigenvalue weighted by Crippen LogP contribution is -2.52. The molecule has 1 saturated heterocycles. The van der Waals surface area contributed by atoms with E-state index in [0.29, 0.717) is 12.0 Å². The van der Waals surface area contributed by atoms with Crippen molar-refractivity contribution in [1.29, 1.82) is 0 Å². The van der Waals surface area contributed by atoms with Crippen LogP contribution in [0.1, 0.15) is 25.8 Å². The van der Waals surface area contributed by atoms with E-state index in [1.165, 1.54) is 43.0 Å². The van der Waals surface area contributed by atoms with E-state index in [-0.39, 0.29) is 24.1 Å². The van der Waals surface area contributed by atoms with Gasteiger partial charge in [0, 0.05) is 18.2 Å². The predicted molar refractivity (Wildman–Crippen MR) is 114 cm³/mol. The van der Waals surface area contributed by atoms with Crippen LogP contribution in [-0.4, -0.2) is 54.8 Å². The highest BCUT2D eigenvalue weighted by atomic mass is 32.2. The van der Waals surface area contributed by atoms with Crippen LogP contribution in [0.5, 0.6) is 0 Å². The molecule has 168 valence electrons. The number of hydrogen-bond donors (Lipinski definition) is 2. The second-order valence-electron chi connectivity index (χ2n) is 8.40. The first-order chi connectivity index (χ1) is 14.4. The van der Waals surface area contributed by atoms with Crippen LogP contribution >= 0.6 is 0 Å². The molecule has 1 aliphatic rings. The van der Waals surface area contributed by atoms with Crippen LogP contribution in [0.3, 0.4) is 0 Å². The van der Waals surface area contributed by atoms with Crippen LogP contribution in [0.4, 0.5) is 8.78 Å². The van der Waals surface area contributed by atoms with E-state index in [4.69, 9.17) is 0 Å². The van der Waals surface area contributed by atoms with E-state index >= 15 is 4.39 Å². The molecule has 0 spiro atoms. The van der Waals surface area contributed by atoms with Crippen molar-refractivity contribution >= 4 is 15.9 Å². The van der Waals surface area contributed by atoms with Crippen LogP contribution in [0.25, 0.3) is 11.1 Å². The highest BCUT2D eigenvalue weighted by Gasteiger charge is 2.42. The number of carbonyl (C=O) groups excluding carboxylic acids is 1. The Labute approximate surface area is 180 Å². The van der Waals surface area contributed by atoms with Gasteiger partial charge in [0.2, 0.25) is 10.0 Å². The molecule has 1 fully saturated rings. The summed E-state index contributed by atoms with van der Waals surface area (Å²) in [5.41, 5.74) is -0.799. The fourth-order valence-electron chi connectivity index (χ4n) is 3.96. The molecular formula is C22H26F2N2O4S. The van der Waals surface area contributed by atoms with Gasteiger partial charge >= 0.3 is 0 Å². The summed E-state index contributed by atoms with van der Waals surface area (Å²) in [5.74, 6) is -1.61. The Hall–Kier alpha value is -2.36. The first-order valence-electron chi connectivity index (χ1n) is 9.91. The van der Waals surface area contributed by atoms with Crippen molar-refractivity contribution in [2.24, 2.45) is 0 Å². The highest BCUT2D eigenvalue weighted by Crippen LogP contribution is 2.30. The average molecular weight is 453 g/mol. The summed E-state index contributed by atoms with van der Waals surface area (Å²) in [4.78, 5) is 14.2. The summed E-state index contributed by atoms with van der Waals surface area (Å²) in [6.07, 6.45) is 1.39. The largest absolute Gasteiger partial charge is 0.381 e. The van der Waals surface area contributed by atoms with Gasteiger partial charge in [-0.3, -0.25) is 4.79 Å². The molecule has 6 nitrogen and oxygen atoms in total. The smallest absolute Gasteiger partial charge is 0.254 e. The minimum atomic E-state index is -3.57. The van der Waals surface area contributed by atoms with Crippen LogP contribution in [0.2, 0.25) is 0 Å². The normalized spacial score (nSPS) is 19.6. The molecule has 9 heteroatoms. The van der Waals surface area contributed by atoms with Crippen LogP contribution < -0.4 is 4.72 Å². The van der Waals surface area contributed by atoms with E-state index in [1.807, 2.05) is 0 Å². The third-order valence-corrected chi connectivity index (χ3v) is 6.07. The third kappa shape index (κ3) is 5.47. The number of amides is 1. The predicted octanol–water partition coefficient (Wildman–Crippen LogP) is 2.46. The summed E-state index contributed by atoms with van der Waals surface area (Å²) in [5, 5.41) is 10.2. The number of nitrogens with one attached hydrogen (secondary N) is 1. The van der Waals surface area contributed by atoms with Crippen molar-refractivity contribution in [3.05, 3.63) is 59.7 Å². The van der Waals surface area contributed by atoms with Gasteiger partial charge in [0.25, 0.3) is 5.91 Å². The van der Waals surface area contributed by atoms with Crippen LogP contribution in [-0.2, 0) is 21.2 Å². The maximum Gasteiger partial charge on any atom is 0.254 e. The second-order valence-corrected chi connectivity index (χ2v) is 10.2. The van der Waals surface area contributed by atoms with Crippen LogP contribution in [0, 0.1) is 11.6 Å². The first-order valence-corrected chi connectivity index (χ1v) is 11.8. The Morgan fingerprint density at radius 2 is 1.90 bits per heavy atom. The minimum Gasteiger partial charge on any atom is -0.381 e. The van der Waals surface area contributed by atoms with E-state index in [1.54, 1.807) is 18.2 Å². The molecule has 0 unspecified atom stereocenters. The monoisotopic (exact) mass is 452 g/mol. The van der Waals surface area contributed by atoms with E-state index in [2.05, 4.69) is 4.72 Å². The summed E-state index contributed by atoms with van der Waals surface area (Å²) < 4.78 is 55.1. The molecular weight excluding hydrogens is 426 g/mol. The zero-order valence-electron chi connectivity index (χ0n) is 17.6. The summed E-state index contributed by atoms with van der Waals surface area (Å²) >= 11 is 0. The molecule has 31 heavy (non-hydrogen) atoms.